The van der Waals surface area contributed by atoms with Crippen LogP contribution < -0.4 is 10.6 Å². The zero-order valence-corrected chi connectivity index (χ0v) is 36.0. The quantitative estimate of drug-likeness (QED) is 0.112. The van der Waals surface area contributed by atoms with Crippen molar-refractivity contribution >= 4 is 11.9 Å². The average molecular weight is 725 g/mol. The lowest BCUT2D eigenvalue weighted by molar-refractivity contribution is -0.188. The van der Waals surface area contributed by atoms with Crippen LogP contribution in [0, 0.1) is 17.3 Å². The van der Waals surface area contributed by atoms with E-state index in [9.17, 15) is 5.11 Å². The largest absolute Gasteiger partial charge is 0.507 e. The number of benzene rings is 1. The topological polar surface area (TPSA) is 96.9 Å². The van der Waals surface area contributed by atoms with Gasteiger partial charge in [-0.1, -0.05) is 101 Å². The summed E-state index contributed by atoms with van der Waals surface area (Å²) in [5, 5.41) is 19.3. The SMILES string of the molecule is C=CCC(Cc1cc(C(C)(C)C)c(O)c(C(C)(C)C)c1)(C(=O)OC1CC(C)(CC)NC(C)(CC)C1C)C(=O)OC1CC(C)(CC)NC(C)(CC)C1C. The minimum Gasteiger partial charge on any atom is -0.507 e. The molecule has 2 heterocycles. The molecule has 0 amide bonds. The number of hydrogen-bond acceptors (Lipinski definition) is 7. The smallest absolute Gasteiger partial charge is 0.324 e. The number of esters is 2. The van der Waals surface area contributed by atoms with Gasteiger partial charge in [-0.3, -0.25) is 9.59 Å². The van der Waals surface area contributed by atoms with Gasteiger partial charge in [0, 0.05) is 46.8 Å². The maximum atomic E-state index is 15.2. The highest BCUT2D eigenvalue weighted by Crippen LogP contribution is 2.45. The average Bonchev–Trinajstić information content (AvgIpc) is 3.05. The van der Waals surface area contributed by atoms with Gasteiger partial charge in [-0.15, -0.1) is 6.58 Å². The van der Waals surface area contributed by atoms with Crippen LogP contribution in [0.4, 0.5) is 0 Å². The lowest BCUT2D eigenvalue weighted by Gasteiger charge is -2.53. The van der Waals surface area contributed by atoms with Crippen molar-refractivity contribution in [2.24, 2.45) is 17.3 Å². The molecule has 0 spiro atoms. The first kappa shape index (κ1) is 44.0. The van der Waals surface area contributed by atoms with E-state index in [-0.39, 0.29) is 63.4 Å². The molecule has 3 N–H and O–H groups in total. The third-order valence-corrected chi connectivity index (χ3v) is 13.7. The second-order valence-electron chi connectivity index (χ2n) is 19.8. The van der Waals surface area contributed by atoms with E-state index in [1.165, 1.54) is 0 Å². The minimum absolute atomic E-state index is 0.00662. The Morgan fingerprint density at radius 2 is 1.13 bits per heavy atom. The van der Waals surface area contributed by atoms with Gasteiger partial charge in [0.25, 0.3) is 0 Å². The number of phenols is 1. The third-order valence-electron chi connectivity index (χ3n) is 13.7. The Bertz CT molecular complexity index is 1360. The van der Waals surface area contributed by atoms with Crippen LogP contribution in [-0.2, 0) is 36.3 Å². The van der Waals surface area contributed by atoms with E-state index in [1.807, 2.05) is 12.1 Å². The van der Waals surface area contributed by atoms with Gasteiger partial charge < -0.3 is 25.2 Å². The van der Waals surface area contributed by atoms with Crippen LogP contribution >= 0.6 is 0 Å². The monoisotopic (exact) mass is 725 g/mol. The van der Waals surface area contributed by atoms with Gasteiger partial charge in [0.05, 0.1) is 0 Å². The Balaban J connectivity index is 2.26. The van der Waals surface area contributed by atoms with Crippen molar-refractivity contribution in [1.82, 2.24) is 10.6 Å². The van der Waals surface area contributed by atoms with E-state index in [1.54, 1.807) is 6.08 Å². The molecule has 2 saturated heterocycles. The number of carbonyl (C=O) groups excluding carboxylic acids is 2. The van der Waals surface area contributed by atoms with Gasteiger partial charge in [-0.25, -0.2) is 0 Å². The summed E-state index contributed by atoms with van der Waals surface area (Å²) in [4.78, 5) is 30.4. The zero-order valence-electron chi connectivity index (χ0n) is 36.0. The van der Waals surface area contributed by atoms with Gasteiger partial charge in [-0.05, 0) is 93.7 Å². The lowest BCUT2D eigenvalue weighted by Crippen LogP contribution is -2.67. The van der Waals surface area contributed by atoms with E-state index in [2.05, 4.69) is 128 Å². The van der Waals surface area contributed by atoms with Gasteiger partial charge in [-0.2, -0.15) is 0 Å². The number of piperidine rings is 2. The number of aromatic hydroxyl groups is 1. The van der Waals surface area contributed by atoms with E-state index >= 15 is 9.59 Å². The highest BCUT2D eigenvalue weighted by atomic mass is 16.6. The molecule has 7 heteroatoms. The van der Waals surface area contributed by atoms with Gasteiger partial charge in [0.15, 0.2) is 5.41 Å². The zero-order chi connectivity index (χ0) is 39.9. The molecule has 2 aliphatic heterocycles. The highest BCUT2D eigenvalue weighted by Gasteiger charge is 2.55. The number of carbonyl (C=O) groups is 2. The van der Waals surface area contributed by atoms with Crippen LogP contribution in [0.25, 0.3) is 0 Å². The molecule has 1 aromatic rings. The van der Waals surface area contributed by atoms with Crippen LogP contribution in [-0.4, -0.2) is 51.4 Å². The predicted octanol–water partition coefficient (Wildman–Crippen LogP) is 9.85. The second-order valence-corrected chi connectivity index (χ2v) is 19.8. The summed E-state index contributed by atoms with van der Waals surface area (Å²) in [6.45, 7) is 38.3. The van der Waals surface area contributed by atoms with Crippen molar-refractivity contribution < 1.29 is 24.2 Å². The van der Waals surface area contributed by atoms with Gasteiger partial charge >= 0.3 is 11.9 Å². The summed E-state index contributed by atoms with van der Waals surface area (Å²) in [7, 11) is 0. The highest BCUT2D eigenvalue weighted by molar-refractivity contribution is 6.01. The Hall–Kier alpha value is -2.38. The number of nitrogens with one attached hydrogen (secondary N) is 2. The number of rotatable bonds is 12. The van der Waals surface area contributed by atoms with Crippen molar-refractivity contribution in [3.8, 4) is 5.75 Å². The molecule has 0 saturated carbocycles. The molecule has 1 aromatic carbocycles. The minimum atomic E-state index is -1.69. The molecule has 2 aliphatic rings. The summed E-state index contributed by atoms with van der Waals surface area (Å²) in [5.74, 6) is -0.854. The lowest BCUT2D eigenvalue weighted by atomic mass is 9.69. The molecule has 52 heavy (non-hydrogen) atoms. The molecule has 0 radical (unpaired) electrons. The molecule has 0 bridgehead atoms. The predicted molar refractivity (Wildman–Crippen MR) is 215 cm³/mol. The molecule has 296 valence electrons. The second kappa shape index (κ2) is 15.4. The maximum Gasteiger partial charge on any atom is 0.324 e. The van der Waals surface area contributed by atoms with Crippen molar-refractivity contribution in [2.75, 3.05) is 0 Å². The maximum absolute atomic E-state index is 15.2. The fourth-order valence-corrected chi connectivity index (χ4v) is 8.85. The molecule has 0 aromatic heterocycles. The molecule has 2 fully saturated rings. The normalized spacial score (nSPS) is 33.9. The Morgan fingerprint density at radius 3 is 1.42 bits per heavy atom. The van der Waals surface area contributed by atoms with E-state index in [0.29, 0.717) is 12.8 Å². The molecule has 8 atom stereocenters. The Labute approximate surface area is 317 Å². The Morgan fingerprint density at radius 1 is 0.769 bits per heavy atom. The van der Waals surface area contributed by atoms with Crippen LogP contribution in [0.15, 0.2) is 24.8 Å². The number of allylic oxidation sites excluding steroid dienone is 1. The van der Waals surface area contributed by atoms with Crippen LogP contribution in [0.3, 0.4) is 0 Å². The first-order chi connectivity index (χ1) is 23.7. The van der Waals surface area contributed by atoms with E-state index < -0.39 is 29.6 Å². The van der Waals surface area contributed by atoms with Crippen molar-refractivity contribution in [2.45, 2.75) is 207 Å². The van der Waals surface area contributed by atoms with Crippen molar-refractivity contribution in [3.05, 3.63) is 41.5 Å². The fourth-order valence-electron chi connectivity index (χ4n) is 8.85. The van der Waals surface area contributed by atoms with Crippen molar-refractivity contribution in [3.63, 3.8) is 0 Å². The first-order valence-corrected chi connectivity index (χ1v) is 20.2. The summed E-state index contributed by atoms with van der Waals surface area (Å²) in [5.41, 5.74) is -1.10. The van der Waals surface area contributed by atoms with E-state index in [4.69, 9.17) is 9.47 Å². The molecule has 0 aliphatic carbocycles. The third kappa shape index (κ3) is 8.77. The molecular formula is C45H76N2O5. The summed E-state index contributed by atoms with van der Waals surface area (Å²) in [6.07, 6.45) is 5.76. The number of hydrogen-bond donors (Lipinski definition) is 3. The first-order valence-electron chi connectivity index (χ1n) is 20.2. The van der Waals surface area contributed by atoms with Crippen LogP contribution in [0.1, 0.15) is 172 Å². The number of phenolic OH excluding ortho intramolecular Hbond substituents is 1. The van der Waals surface area contributed by atoms with Crippen molar-refractivity contribution in [1.29, 1.82) is 0 Å². The standard InChI is InChI=1S/C45H76N2O5/c1-18-23-45(26-31-24-32(39(8,9)10)36(48)33(25-31)40(11,12)13,37(49)51-34-27-41(14,19-2)46-43(16,21-4)29(34)6)38(50)52-35-28-42(15,20-3)47-44(17,22-5)30(35)7/h18,24-25,29-30,34-35,46-48H,1,19-23,26-28H2,2-17H3. The summed E-state index contributed by atoms with van der Waals surface area (Å²) in [6, 6.07) is 3.93. The van der Waals surface area contributed by atoms with E-state index in [0.717, 1.165) is 42.4 Å². The van der Waals surface area contributed by atoms with Crippen LogP contribution in [0.5, 0.6) is 5.75 Å². The molecular weight excluding hydrogens is 649 g/mol. The molecule has 8 unspecified atom stereocenters. The molecule has 7 nitrogen and oxygen atoms in total. The Kier molecular flexibility index (Phi) is 13.0. The van der Waals surface area contributed by atoms with Crippen LogP contribution in [0.2, 0.25) is 0 Å². The molecule has 3 rings (SSSR count). The van der Waals surface area contributed by atoms with Gasteiger partial charge in [0.1, 0.15) is 18.0 Å². The van der Waals surface area contributed by atoms with Gasteiger partial charge in [0.2, 0.25) is 0 Å². The summed E-state index contributed by atoms with van der Waals surface area (Å²) >= 11 is 0. The number of ether oxygens (including phenoxy) is 2. The summed E-state index contributed by atoms with van der Waals surface area (Å²) < 4.78 is 13.4. The fraction of sp³-hybridized carbons (Fsp3) is 0.778.